The van der Waals surface area contributed by atoms with Gasteiger partial charge in [-0.25, -0.2) is 23.1 Å². The van der Waals surface area contributed by atoms with E-state index < -0.39 is 10.0 Å². The molecule has 4 aromatic rings. The number of amides is 1. The molecule has 2 fully saturated rings. The van der Waals surface area contributed by atoms with Gasteiger partial charge in [-0.15, -0.1) is 0 Å². The highest BCUT2D eigenvalue weighted by Crippen LogP contribution is 2.34. The molecular formula is C39H47N7O4S. The molecule has 4 heterocycles. The van der Waals surface area contributed by atoms with Gasteiger partial charge < -0.3 is 14.5 Å². The zero-order chi connectivity index (χ0) is 35.7. The Balaban J connectivity index is 1.32. The number of nitrogens with one attached hydrogen (secondary N) is 1. The molecule has 0 radical (unpaired) electrons. The van der Waals surface area contributed by atoms with Crippen LogP contribution in [-0.2, 0) is 16.6 Å². The number of aryl methyl sites for hydroxylation is 2. The molecule has 0 spiro atoms. The van der Waals surface area contributed by atoms with Crippen molar-refractivity contribution in [1.29, 1.82) is 0 Å². The third-order valence-corrected chi connectivity index (χ3v) is 12.0. The number of carbonyl (C=O) groups excluding carboxylic acids is 1. The van der Waals surface area contributed by atoms with E-state index in [-0.39, 0.29) is 47.4 Å². The fourth-order valence-electron chi connectivity index (χ4n) is 7.84. The number of ether oxygens (including phenoxy) is 1. The maximum atomic E-state index is 14.7. The highest BCUT2D eigenvalue weighted by atomic mass is 32.2. The number of nitrogens with zero attached hydrogens (tertiary/aromatic N) is 6. The Kier molecular flexibility index (Phi) is 9.96. The SMILES string of the molecule is Cc1cccc(C)c1-c1cc2nc(n1)NS(=O)(=O)c1cccc(c1)C(=O)N(Cc1cncc(N3CC[C@@H]3C(C)C)n1)[C@H](CC1CCCCC1)CO2. The van der Waals surface area contributed by atoms with E-state index in [0.29, 0.717) is 29.3 Å². The van der Waals surface area contributed by atoms with Gasteiger partial charge in [0.15, 0.2) is 0 Å². The van der Waals surface area contributed by atoms with Crippen LogP contribution in [0.2, 0.25) is 0 Å². The van der Waals surface area contributed by atoms with Gasteiger partial charge in [-0.05, 0) is 67.9 Å². The van der Waals surface area contributed by atoms with Crippen molar-refractivity contribution in [2.24, 2.45) is 11.8 Å². The number of sulfonamides is 1. The molecular weight excluding hydrogens is 663 g/mol. The standard InChI is InChI=1S/C39H47N7O4S/c1-25(2)34-16-17-45(34)35-22-40-21-30(41-35)23-46-31(18-28-12-6-5-7-13-28)24-50-36-20-33(37-26(3)10-8-11-27(37)4)42-39(43-36)44-51(48,49)32-15-9-14-29(19-32)38(46)47/h8-11,14-15,19-22,25,28,31,34H,5-7,12-13,16-18,23-24H2,1-4H3,(H,42,43,44)/t31-,34-/m1/s1. The van der Waals surface area contributed by atoms with Gasteiger partial charge in [-0.1, -0.05) is 70.2 Å². The van der Waals surface area contributed by atoms with E-state index in [0.717, 1.165) is 67.6 Å². The molecule has 0 unspecified atom stereocenters. The topological polar surface area (TPSA) is 131 Å². The number of carbonyl (C=O) groups is 1. The lowest BCUT2D eigenvalue weighted by atomic mass is 9.84. The van der Waals surface area contributed by atoms with E-state index in [1.807, 2.05) is 36.9 Å². The first kappa shape index (κ1) is 34.9. The van der Waals surface area contributed by atoms with Crippen LogP contribution in [0.1, 0.15) is 86.0 Å². The Bertz CT molecular complexity index is 1990. The molecule has 1 aliphatic carbocycles. The van der Waals surface area contributed by atoms with Crippen LogP contribution in [-0.4, -0.2) is 64.4 Å². The van der Waals surface area contributed by atoms with Crippen LogP contribution in [0.4, 0.5) is 11.8 Å². The van der Waals surface area contributed by atoms with Crippen LogP contribution < -0.4 is 14.4 Å². The summed E-state index contributed by atoms with van der Waals surface area (Å²) in [6, 6.07) is 13.9. The lowest BCUT2D eigenvalue weighted by Crippen LogP contribution is -2.51. The van der Waals surface area contributed by atoms with Crippen LogP contribution in [0.25, 0.3) is 11.3 Å². The molecule has 1 N–H and O–H groups in total. The van der Waals surface area contributed by atoms with Crippen molar-refractivity contribution < 1.29 is 17.9 Å². The quantitative estimate of drug-likeness (QED) is 0.216. The molecule has 11 nitrogen and oxygen atoms in total. The Morgan fingerprint density at radius 2 is 1.71 bits per heavy atom. The van der Waals surface area contributed by atoms with Crippen LogP contribution in [0.3, 0.4) is 0 Å². The van der Waals surface area contributed by atoms with Crippen molar-refractivity contribution in [2.45, 2.75) is 96.2 Å². The van der Waals surface area contributed by atoms with Gasteiger partial charge in [0.2, 0.25) is 11.8 Å². The fourth-order valence-corrected chi connectivity index (χ4v) is 8.83. The van der Waals surface area contributed by atoms with Gasteiger partial charge in [0.1, 0.15) is 12.4 Å². The number of rotatable bonds is 7. The molecule has 4 bridgehead atoms. The molecule has 2 aromatic carbocycles. The van der Waals surface area contributed by atoms with Crippen molar-refractivity contribution in [1.82, 2.24) is 24.8 Å². The van der Waals surface area contributed by atoms with E-state index in [1.165, 1.54) is 18.6 Å². The van der Waals surface area contributed by atoms with E-state index in [9.17, 15) is 13.2 Å². The van der Waals surface area contributed by atoms with Gasteiger partial charge in [-0.2, -0.15) is 4.98 Å². The summed E-state index contributed by atoms with van der Waals surface area (Å²) in [5, 5.41) is 0. The number of hydrogen-bond donors (Lipinski definition) is 1. The number of anilines is 2. The molecule has 2 atom stereocenters. The average molecular weight is 710 g/mol. The number of aromatic nitrogens is 4. The molecule has 3 aliphatic rings. The summed E-state index contributed by atoms with van der Waals surface area (Å²) >= 11 is 0. The number of fused-ring (bicyclic) bond motifs is 4. The third-order valence-electron chi connectivity index (χ3n) is 10.6. The smallest absolute Gasteiger partial charge is 0.264 e. The molecule has 51 heavy (non-hydrogen) atoms. The van der Waals surface area contributed by atoms with Crippen LogP contribution in [0, 0.1) is 25.7 Å². The van der Waals surface area contributed by atoms with Crippen LogP contribution in [0.5, 0.6) is 5.88 Å². The maximum absolute atomic E-state index is 14.7. The van der Waals surface area contributed by atoms with Crippen LogP contribution in [0.15, 0.2) is 65.8 Å². The first-order chi connectivity index (χ1) is 24.6. The Morgan fingerprint density at radius 3 is 2.43 bits per heavy atom. The van der Waals surface area contributed by atoms with Crippen molar-refractivity contribution in [3.8, 4) is 17.1 Å². The minimum atomic E-state index is -4.17. The molecule has 12 heteroatoms. The van der Waals surface area contributed by atoms with Gasteiger partial charge in [0, 0.05) is 29.8 Å². The molecule has 1 amide bonds. The second-order valence-electron chi connectivity index (χ2n) is 14.6. The maximum Gasteiger partial charge on any atom is 0.264 e. The van der Waals surface area contributed by atoms with Crippen molar-refractivity contribution in [3.05, 3.63) is 83.3 Å². The monoisotopic (exact) mass is 709 g/mol. The fraction of sp³-hybridized carbons (Fsp3) is 0.462. The Labute approximate surface area is 301 Å². The first-order valence-corrected chi connectivity index (χ1v) is 19.6. The van der Waals surface area contributed by atoms with Gasteiger partial charge >= 0.3 is 0 Å². The summed E-state index contributed by atoms with van der Waals surface area (Å²) in [5.41, 5.74) is 4.35. The third kappa shape index (κ3) is 7.56. The Morgan fingerprint density at radius 1 is 0.941 bits per heavy atom. The lowest BCUT2D eigenvalue weighted by molar-refractivity contribution is 0.0527. The second-order valence-corrected chi connectivity index (χ2v) is 16.3. The molecule has 268 valence electrons. The predicted molar refractivity (Wildman–Crippen MR) is 197 cm³/mol. The summed E-state index contributed by atoms with van der Waals surface area (Å²) in [5.74, 6) is 1.55. The van der Waals surface area contributed by atoms with E-state index in [4.69, 9.17) is 9.72 Å². The highest BCUT2D eigenvalue weighted by Gasteiger charge is 2.34. The largest absolute Gasteiger partial charge is 0.475 e. The van der Waals surface area contributed by atoms with Crippen molar-refractivity contribution >= 4 is 27.7 Å². The van der Waals surface area contributed by atoms with Gasteiger partial charge in [0.25, 0.3) is 15.9 Å². The molecule has 2 aliphatic heterocycles. The average Bonchev–Trinajstić information content (AvgIpc) is 3.08. The lowest BCUT2D eigenvalue weighted by Gasteiger charge is -2.44. The second kappa shape index (κ2) is 14.6. The first-order valence-electron chi connectivity index (χ1n) is 18.2. The minimum absolute atomic E-state index is 0.0563. The van der Waals surface area contributed by atoms with Crippen molar-refractivity contribution in [2.75, 3.05) is 22.8 Å². The number of benzene rings is 2. The zero-order valence-electron chi connectivity index (χ0n) is 29.9. The minimum Gasteiger partial charge on any atom is -0.475 e. The van der Waals surface area contributed by atoms with E-state index in [1.54, 1.807) is 30.6 Å². The van der Waals surface area contributed by atoms with E-state index in [2.05, 4.69) is 38.4 Å². The number of hydrogen-bond acceptors (Lipinski definition) is 9. The van der Waals surface area contributed by atoms with Gasteiger partial charge in [0.05, 0.1) is 41.3 Å². The molecule has 2 aromatic heterocycles. The van der Waals surface area contributed by atoms with Crippen LogP contribution >= 0.6 is 0 Å². The zero-order valence-corrected chi connectivity index (χ0v) is 30.7. The summed E-state index contributed by atoms with van der Waals surface area (Å²) in [4.78, 5) is 37.5. The van der Waals surface area contributed by atoms with E-state index >= 15 is 0 Å². The highest BCUT2D eigenvalue weighted by molar-refractivity contribution is 7.92. The molecule has 1 saturated carbocycles. The molecule has 7 rings (SSSR count). The summed E-state index contributed by atoms with van der Waals surface area (Å²) < 4.78 is 36.6. The Hall–Kier alpha value is -4.58. The summed E-state index contributed by atoms with van der Waals surface area (Å²) in [7, 11) is -4.17. The summed E-state index contributed by atoms with van der Waals surface area (Å²) in [6.07, 6.45) is 11.1. The predicted octanol–water partition coefficient (Wildman–Crippen LogP) is 6.96. The van der Waals surface area contributed by atoms with Gasteiger partial charge in [-0.3, -0.25) is 9.78 Å². The normalized spacial score (nSPS) is 20.8. The van der Waals surface area contributed by atoms with Crippen molar-refractivity contribution in [3.63, 3.8) is 0 Å². The molecule has 1 saturated heterocycles. The summed E-state index contributed by atoms with van der Waals surface area (Å²) in [6.45, 7) is 9.70.